The fourth-order valence-corrected chi connectivity index (χ4v) is 8.02. The maximum absolute atomic E-state index is 15.5. The molecule has 2 aromatic rings. The minimum Gasteiger partial charge on any atom is -0.477 e. The molecule has 4 heterocycles. The van der Waals surface area contributed by atoms with Gasteiger partial charge in [-0.15, -0.1) is 0 Å². The molecule has 3 atom stereocenters. The van der Waals surface area contributed by atoms with Crippen LogP contribution < -0.4 is 14.5 Å². The first-order chi connectivity index (χ1) is 19.4. The van der Waals surface area contributed by atoms with E-state index in [0.717, 1.165) is 76.2 Å². The number of carbonyl (C=O) groups excluding carboxylic acids is 1. The molecule has 4 aliphatic heterocycles. The second kappa shape index (κ2) is 10.7. The van der Waals surface area contributed by atoms with Crippen LogP contribution in [0.25, 0.3) is 0 Å². The minimum atomic E-state index is -0.314. The molecule has 7 rings (SSSR count). The third kappa shape index (κ3) is 4.90. The van der Waals surface area contributed by atoms with Crippen molar-refractivity contribution in [3.05, 3.63) is 53.3 Å². The predicted octanol–water partition coefficient (Wildman–Crippen LogP) is 4.98. The van der Waals surface area contributed by atoms with E-state index in [1.54, 1.807) is 4.90 Å². The normalized spacial score (nSPS) is 26.0. The van der Waals surface area contributed by atoms with Gasteiger partial charge in [0, 0.05) is 56.0 Å². The third-order valence-electron chi connectivity index (χ3n) is 9.71. The highest BCUT2D eigenvalue weighted by atomic mass is 127. The van der Waals surface area contributed by atoms with Crippen LogP contribution in [0.5, 0.6) is 5.75 Å². The molecule has 214 valence electrons. The summed E-state index contributed by atoms with van der Waals surface area (Å²) >= 11 is 2.28. The first kappa shape index (κ1) is 26.9. The molecule has 1 spiro atoms. The standard InChI is InChI=1S/C31H37FIN3O4/c32-25-16-22(6-9-26(25)34-13-11-31(17-34)18-35(19-31)29(37)20-3-1-4-20)36-12-10-21-15-23(7-8-24(21)30(36)38)40-28(33)27-5-2-14-39-27/h6-9,15-16,20,27-29,37H,1-5,10-14,17-19H2/t27?,28-,29?/m1/s1. The van der Waals surface area contributed by atoms with Crippen molar-refractivity contribution in [2.24, 2.45) is 11.3 Å². The van der Waals surface area contributed by atoms with Crippen molar-refractivity contribution in [1.82, 2.24) is 4.90 Å². The SMILES string of the molecule is O=C1c2ccc(O[C@@H](I)C3CCCO3)cc2CCN1c1ccc(N2CCC3(C2)CN(C(O)C2CCC2)C3)c(F)c1. The fraction of sp³-hybridized carbons (Fsp3) is 0.581. The monoisotopic (exact) mass is 661 g/mol. The lowest BCUT2D eigenvalue weighted by Gasteiger charge is -2.52. The van der Waals surface area contributed by atoms with Gasteiger partial charge in [-0.2, -0.15) is 0 Å². The highest BCUT2D eigenvalue weighted by Crippen LogP contribution is 2.45. The molecule has 1 amide bonds. The number of ether oxygens (including phenoxy) is 2. The summed E-state index contributed by atoms with van der Waals surface area (Å²) in [6, 6.07) is 10.9. The molecule has 0 radical (unpaired) electrons. The Morgan fingerprint density at radius 2 is 1.93 bits per heavy atom. The van der Waals surface area contributed by atoms with E-state index < -0.39 is 0 Å². The number of hydrogen-bond donors (Lipinski definition) is 1. The zero-order chi connectivity index (χ0) is 27.4. The lowest BCUT2D eigenvalue weighted by atomic mass is 9.76. The van der Waals surface area contributed by atoms with Crippen LogP contribution in [0.3, 0.4) is 0 Å². The smallest absolute Gasteiger partial charge is 0.258 e. The van der Waals surface area contributed by atoms with Crippen LogP contribution >= 0.6 is 22.6 Å². The number of amides is 1. The molecule has 3 saturated heterocycles. The van der Waals surface area contributed by atoms with E-state index in [1.165, 1.54) is 12.5 Å². The summed E-state index contributed by atoms with van der Waals surface area (Å²) in [7, 11) is 0. The summed E-state index contributed by atoms with van der Waals surface area (Å²) in [4.78, 5) is 19.4. The van der Waals surface area contributed by atoms with Crippen molar-refractivity contribution in [1.29, 1.82) is 0 Å². The second-order valence-electron chi connectivity index (χ2n) is 12.4. The number of benzene rings is 2. The fourth-order valence-electron chi connectivity index (χ4n) is 7.16. The Hall–Kier alpha value is -1.95. The zero-order valence-corrected chi connectivity index (χ0v) is 24.9. The maximum Gasteiger partial charge on any atom is 0.258 e. The van der Waals surface area contributed by atoms with Gasteiger partial charge in [-0.3, -0.25) is 9.69 Å². The van der Waals surface area contributed by atoms with Crippen LogP contribution in [0.4, 0.5) is 15.8 Å². The number of anilines is 2. The van der Waals surface area contributed by atoms with Crippen molar-refractivity contribution in [3.8, 4) is 5.75 Å². The van der Waals surface area contributed by atoms with Crippen LogP contribution in [-0.2, 0) is 11.2 Å². The lowest BCUT2D eigenvalue weighted by Crippen LogP contribution is -2.62. The Morgan fingerprint density at radius 1 is 1.07 bits per heavy atom. The molecule has 1 aliphatic carbocycles. The van der Waals surface area contributed by atoms with Crippen LogP contribution in [0.15, 0.2) is 36.4 Å². The number of likely N-dealkylation sites (tertiary alicyclic amines) is 1. The Kier molecular flexibility index (Phi) is 7.21. The lowest BCUT2D eigenvalue weighted by molar-refractivity contribution is -0.140. The number of hydrogen-bond acceptors (Lipinski definition) is 6. The van der Waals surface area contributed by atoms with Crippen molar-refractivity contribution >= 4 is 39.9 Å². The summed E-state index contributed by atoms with van der Waals surface area (Å²) in [5, 5.41) is 10.6. The molecule has 1 saturated carbocycles. The van der Waals surface area contributed by atoms with Gasteiger partial charge in [0.05, 0.1) is 5.69 Å². The van der Waals surface area contributed by atoms with Crippen molar-refractivity contribution in [2.45, 2.75) is 61.4 Å². The number of aliphatic hydroxyl groups is 1. The minimum absolute atomic E-state index is 0.0666. The van der Waals surface area contributed by atoms with Crippen molar-refractivity contribution < 1.29 is 23.8 Å². The molecule has 1 N–H and O–H groups in total. The zero-order valence-electron chi connectivity index (χ0n) is 22.7. The molecule has 2 aromatic carbocycles. The molecule has 9 heteroatoms. The Bertz CT molecular complexity index is 1280. The second-order valence-corrected chi connectivity index (χ2v) is 13.6. The highest BCUT2D eigenvalue weighted by Gasteiger charge is 2.51. The van der Waals surface area contributed by atoms with Gasteiger partial charge >= 0.3 is 0 Å². The predicted molar refractivity (Wildman–Crippen MR) is 160 cm³/mol. The van der Waals surface area contributed by atoms with Gasteiger partial charge in [0.1, 0.15) is 23.9 Å². The molecule has 4 fully saturated rings. The summed E-state index contributed by atoms with van der Waals surface area (Å²) in [6.45, 7) is 4.69. The molecule has 7 nitrogen and oxygen atoms in total. The number of halogens is 2. The van der Waals surface area contributed by atoms with Gasteiger partial charge in [-0.1, -0.05) is 6.42 Å². The average Bonchev–Trinajstić information content (AvgIpc) is 3.58. The molecule has 5 aliphatic rings. The molecule has 2 unspecified atom stereocenters. The van der Waals surface area contributed by atoms with E-state index in [4.69, 9.17) is 9.47 Å². The van der Waals surface area contributed by atoms with E-state index in [-0.39, 0.29) is 33.6 Å². The molecule has 0 bridgehead atoms. The van der Waals surface area contributed by atoms with Gasteiger partial charge in [0.15, 0.2) is 4.11 Å². The van der Waals surface area contributed by atoms with Gasteiger partial charge in [-0.25, -0.2) is 4.39 Å². The summed E-state index contributed by atoms with van der Waals surface area (Å²) in [5.41, 5.74) is 2.95. The van der Waals surface area contributed by atoms with E-state index >= 15 is 4.39 Å². The van der Waals surface area contributed by atoms with E-state index in [9.17, 15) is 9.90 Å². The van der Waals surface area contributed by atoms with Gasteiger partial charge < -0.3 is 24.4 Å². The number of aliphatic hydroxyl groups excluding tert-OH is 1. The third-order valence-corrected chi connectivity index (χ3v) is 10.8. The van der Waals surface area contributed by atoms with E-state index in [1.807, 2.05) is 30.3 Å². The van der Waals surface area contributed by atoms with Crippen LogP contribution in [0.2, 0.25) is 0 Å². The van der Waals surface area contributed by atoms with Crippen molar-refractivity contribution in [2.75, 3.05) is 49.1 Å². The highest BCUT2D eigenvalue weighted by molar-refractivity contribution is 14.1. The molecule has 40 heavy (non-hydrogen) atoms. The van der Waals surface area contributed by atoms with E-state index in [2.05, 4.69) is 32.4 Å². The van der Waals surface area contributed by atoms with Crippen molar-refractivity contribution in [3.63, 3.8) is 0 Å². The van der Waals surface area contributed by atoms with E-state index in [0.29, 0.717) is 35.8 Å². The quantitative estimate of drug-likeness (QED) is 0.334. The van der Waals surface area contributed by atoms with Gasteiger partial charge in [0.25, 0.3) is 5.91 Å². The topological polar surface area (TPSA) is 65.5 Å². The maximum atomic E-state index is 15.5. The number of nitrogens with zero attached hydrogens (tertiary/aromatic N) is 3. The van der Waals surface area contributed by atoms with Crippen LogP contribution in [0, 0.1) is 17.2 Å². The van der Waals surface area contributed by atoms with Crippen LogP contribution in [0.1, 0.15) is 54.4 Å². The summed E-state index contributed by atoms with van der Waals surface area (Å²) in [6.07, 6.45) is 7.04. The first-order valence-corrected chi connectivity index (χ1v) is 16.0. The summed E-state index contributed by atoms with van der Waals surface area (Å²) < 4.78 is 27.3. The molecule has 0 aromatic heterocycles. The number of rotatable bonds is 7. The van der Waals surface area contributed by atoms with Crippen LogP contribution in [-0.4, -0.2) is 71.7 Å². The summed E-state index contributed by atoms with van der Waals surface area (Å²) in [5.74, 6) is 0.787. The first-order valence-electron chi connectivity index (χ1n) is 14.7. The average molecular weight is 662 g/mol. The Morgan fingerprint density at radius 3 is 2.65 bits per heavy atom. The Labute approximate surface area is 248 Å². The molecular weight excluding hydrogens is 624 g/mol. The Balaban J connectivity index is 0.992. The number of alkyl halides is 1. The molecular formula is C31H37FIN3O4. The number of carbonyl (C=O) groups is 1. The number of fused-ring (bicyclic) bond motifs is 1. The van der Waals surface area contributed by atoms with Gasteiger partial charge in [-0.05, 0) is 109 Å². The van der Waals surface area contributed by atoms with Gasteiger partial charge in [0.2, 0.25) is 0 Å². The largest absolute Gasteiger partial charge is 0.477 e.